The predicted molar refractivity (Wildman–Crippen MR) is 69.5 cm³/mol. The Morgan fingerprint density at radius 2 is 2.00 bits per heavy atom. The van der Waals surface area contributed by atoms with E-state index >= 15 is 0 Å². The zero-order chi connectivity index (χ0) is 12.6. The summed E-state index contributed by atoms with van der Waals surface area (Å²) in [6, 6.07) is 5.94. The Morgan fingerprint density at radius 3 is 2.65 bits per heavy atom. The van der Waals surface area contributed by atoms with Gasteiger partial charge in [0.2, 0.25) is 0 Å². The van der Waals surface area contributed by atoms with E-state index in [2.05, 4.69) is 6.07 Å². The monoisotopic (exact) mass is 254 g/mol. The Kier molecular flexibility index (Phi) is 3.14. The minimum Gasteiger partial charge on any atom is -0.257 e. The molecule has 0 saturated heterocycles. The zero-order valence-electron chi connectivity index (χ0n) is 10.5. The number of fused-ring (bicyclic) bond motifs is 1. The molecule has 5 heteroatoms. The number of aryl methyl sites for hydroxylation is 2. The molecule has 0 saturated carbocycles. The maximum absolute atomic E-state index is 12.2. The molecule has 1 heterocycles. The van der Waals surface area contributed by atoms with E-state index in [1.807, 2.05) is 19.1 Å². The summed E-state index contributed by atoms with van der Waals surface area (Å²) in [5, 5.41) is 0. The van der Waals surface area contributed by atoms with Crippen molar-refractivity contribution in [1.82, 2.24) is 4.31 Å². The number of hydrogen-bond acceptors (Lipinski definition) is 2. The maximum atomic E-state index is 12.2. The molecule has 0 aliphatic carbocycles. The second-order valence-corrected chi connectivity index (χ2v) is 6.66. The Bertz CT molecular complexity index is 523. The van der Waals surface area contributed by atoms with Crippen LogP contribution in [0.25, 0.3) is 0 Å². The van der Waals surface area contributed by atoms with Crippen molar-refractivity contribution in [3.05, 3.63) is 29.3 Å². The molecule has 0 atom stereocenters. The first-order chi connectivity index (χ1) is 7.93. The van der Waals surface area contributed by atoms with Crippen molar-refractivity contribution in [2.75, 3.05) is 24.9 Å². The van der Waals surface area contributed by atoms with Gasteiger partial charge in [-0.1, -0.05) is 17.7 Å². The molecule has 1 aliphatic heterocycles. The summed E-state index contributed by atoms with van der Waals surface area (Å²) >= 11 is 0. The van der Waals surface area contributed by atoms with Crippen LogP contribution in [0.3, 0.4) is 0 Å². The third-order valence-corrected chi connectivity index (χ3v) is 4.91. The molecule has 0 fully saturated rings. The van der Waals surface area contributed by atoms with Gasteiger partial charge in [0.25, 0.3) is 0 Å². The second-order valence-electron chi connectivity index (χ2n) is 4.60. The van der Waals surface area contributed by atoms with E-state index in [1.54, 1.807) is 14.1 Å². The molecule has 4 nitrogen and oxygen atoms in total. The molecule has 0 unspecified atom stereocenters. The van der Waals surface area contributed by atoms with Crippen molar-refractivity contribution >= 4 is 15.9 Å². The van der Waals surface area contributed by atoms with Crippen LogP contribution in [0.5, 0.6) is 0 Å². The van der Waals surface area contributed by atoms with Gasteiger partial charge in [0.05, 0.1) is 5.69 Å². The largest absolute Gasteiger partial charge is 0.303 e. The van der Waals surface area contributed by atoms with Crippen LogP contribution in [0.1, 0.15) is 17.5 Å². The van der Waals surface area contributed by atoms with Gasteiger partial charge in [0.1, 0.15) is 0 Å². The summed E-state index contributed by atoms with van der Waals surface area (Å²) in [7, 11) is -0.225. The molecular formula is C12H18N2O2S. The van der Waals surface area contributed by atoms with E-state index in [0.29, 0.717) is 6.54 Å². The third kappa shape index (κ3) is 2.17. The summed E-state index contributed by atoms with van der Waals surface area (Å²) in [5.41, 5.74) is 3.13. The van der Waals surface area contributed by atoms with E-state index in [-0.39, 0.29) is 0 Å². The van der Waals surface area contributed by atoms with E-state index < -0.39 is 10.2 Å². The number of rotatable bonds is 2. The molecular weight excluding hydrogens is 236 g/mol. The molecule has 0 aromatic heterocycles. The highest BCUT2D eigenvalue weighted by Gasteiger charge is 2.28. The van der Waals surface area contributed by atoms with E-state index in [4.69, 9.17) is 0 Å². The van der Waals surface area contributed by atoms with Crippen LogP contribution in [0.2, 0.25) is 0 Å². The van der Waals surface area contributed by atoms with E-state index in [9.17, 15) is 8.42 Å². The lowest BCUT2D eigenvalue weighted by Gasteiger charge is -2.32. The molecule has 17 heavy (non-hydrogen) atoms. The molecule has 2 rings (SSSR count). The normalized spacial score (nSPS) is 16.1. The van der Waals surface area contributed by atoms with Gasteiger partial charge in [-0.15, -0.1) is 0 Å². The summed E-state index contributed by atoms with van der Waals surface area (Å²) in [5.74, 6) is 0. The number of hydrogen-bond donors (Lipinski definition) is 0. The SMILES string of the molecule is Cc1ccc2c(c1)CCCN2S(=O)(=O)N(C)C. The van der Waals surface area contributed by atoms with Gasteiger partial charge < -0.3 is 0 Å². The van der Waals surface area contributed by atoms with Gasteiger partial charge in [-0.25, -0.2) is 0 Å². The van der Waals surface area contributed by atoms with Gasteiger partial charge in [-0.05, 0) is 31.4 Å². The minimum atomic E-state index is -3.36. The Balaban J connectivity index is 2.49. The highest BCUT2D eigenvalue weighted by atomic mass is 32.2. The predicted octanol–water partition coefficient (Wildman–Crippen LogP) is 1.55. The molecule has 1 aromatic rings. The van der Waals surface area contributed by atoms with Crippen molar-refractivity contribution in [2.24, 2.45) is 0 Å². The van der Waals surface area contributed by atoms with Crippen molar-refractivity contribution in [3.63, 3.8) is 0 Å². The van der Waals surface area contributed by atoms with Crippen LogP contribution < -0.4 is 4.31 Å². The van der Waals surface area contributed by atoms with Gasteiger partial charge in [0, 0.05) is 20.6 Å². The highest BCUT2D eigenvalue weighted by molar-refractivity contribution is 7.90. The first-order valence-electron chi connectivity index (χ1n) is 5.72. The molecule has 0 spiro atoms. The summed E-state index contributed by atoms with van der Waals surface area (Å²) in [6.45, 7) is 2.59. The third-order valence-electron chi connectivity index (χ3n) is 3.05. The van der Waals surface area contributed by atoms with Crippen molar-refractivity contribution in [1.29, 1.82) is 0 Å². The van der Waals surface area contributed by atoms with Crippen molar-refractivity contribution < 1.29 is 8.42 Å². The average Bonchev–Trinajstić information content (AvgIpc) is 2.27. The summed E-state index contributed by atoms with van der Waals surface area (Å²) in [6.07, 6.45) is 1.83. The first kappa shape index (κ1) is 12.4. The zero-order valence-corrected chi connectivity index (χ0v) is 11.3. The van der Waals surface area contributed by atoms with Crippen LogP contribution in [-0.4, -0.2) is 33.4 Å². The number of nitrogens with zero attached hydrogens (tertiary/aromatic N) is 2. The average molecular weight is 254 g/mol. The van der Waals surface area contributed by atoms with Crippen LogP contribution in [0.15, 0.2) is 18.2 Å². The minimum absolute atomic E-state index is 0.566. The lowest BCUT2D eigenvalue weighted by atomic mass is 10.0. The lowest BCUT2D eigenvalue weighted by Crippen LogP contribution is -2.42. The van der Waals surface area contributed by atoms with Crippen LogP contribution in [-0.2, 0) is 16.6 Å². The van der Waals surface area contributed by atoms with Crippen LogP contribution >= 0.6 is 0 Å². The molecule has 0 amide bonds. The van der Waals surface area contributed by atoms with Gasteiger partial charge >= 0.3 is 10.2 Å². The van der Waals surface area contributed by atoms with Gasteiger partial charge in [-0.3, -0.25) is 4.31 Å². The fraction of sp³-hybridized carbons (Fsp3) is 0.500. The maximum Gasteiger partial charge on any atom is 0.303 e. The smallest absolute Gasteiger partial charge is 0.257 e. The van der Waals surface area contributed by atoms with E-state index in [0.717, 1.165) is 24.1 Å². The molecule has 0 radical (unpaired) electrons. The van der Waals surface area contributed by atoms with E-state index in [1.165, 1.54) is 14.2 Å². The molecule has 0 N–H and O–H groups in total. The topological polar surface area (TPSA) is 40.6 Å². The first-order valence-corrected chi connectivity index (χ1v) is 7.12. The Morgan fingerprint density at radius 1 is 1.29 bits per heavy atom. The fourth-order valence-corrected chi connectivity index (χ4v) is 3.31. The standard InChI is InChI=1S/C12H18N2O2S/c1-10-6-7-12-11(9-10)5-4-8-14(12)17(15,16)13(2)3/h6-7,9H,4-5,8H2,1-3H3. The highest BCUT2D eigenvalue weighted by Crippen LogP contribution is 2.30. The summed E-state index contributed by atoms with van der Waals surface area (Å²) < 4.78 is 27.1. The lowest BCUT2D eigenvalue weighted by molar-refractivity contribution is 0.512. The van der Waals surface area contributed by atoms with Crippen LogP contribution in [0.4, 0.5) is 5.69 Å². The van der Waals surface area contributed by atoms with Gasteiger partial charge in [0.15, 0.2) is 0 Å². The second kappa shape index (κ2) is 4.31. The fourth-order valence-electron chi connectivity index (χ4n) is 2.13. The van der Waals surface area contributed by atoms with Crippen molar-refractivity contribution in [3.8, 4) is 0 Å². The quantitative estimate of drug-likeness (QED) is 0.803. The number of anilines is 1. The molecule has 94 valence electrons. The molecule has 1 aliphatic rings. The van der Waals surface area contributed by atoms with Crippen LogP contribution in [0, 0.1) is 6.92 Å². The van der Waals surface area contributed by atoms with Gasteiger partial charge in [-0.2, -0.15) is 12.7 Å². The Hall–Kier alpha value is -1.07. The summed E-state index contributed by atoms with van der Waals surface area (Å²) in [4.78, 5) is 0. The molecule has 1 aromatic carbocycles. The Labute approximate surface area is 103 Å². The van der Waals surface area contributed by atoms with Crippen molar-refractivity contribution in [2.45, 2.75) is 19.8 Å². The molecule has 0 bridgehead atoms. The number of benzene rings is 1.